The molecule has 2 aliphatic rings. The number of hydrogen-bond acceptors (Lipinski definition) is 4. The molecule has 2 rings (SSSR count). The molecule has 0 saturated carbocycles. The molecule has 94 valence electrons. The summed E-state index contributed by atoms with van der Waals surface area (Å²) < 4.78 is 5.50. The van der Waals surface area contributed by atoms with Crippen molar-refractivity contribution in [1.82, 2.24) is 4.90 Å². The highest BCUT2D eigenvalue weighted by Gasteiger charge is 2.24. The summed E-state index contributed by atoms with van der Waals surface area (Å²) in [6, 6.07) is 0. The van der Waals surface area contributed by atoms with Crippen LogP contribution in [0.1, 0.15) is 20.8 Å². The first kappa shape index (κ1) is 12.6. The normalized spacial score (nSPS) is 25.7. The summed E-state index contributed by atoms with van der Waals surface area (Å²) in [5.74, 6) is 1.94. The Morgan fingerprint density at radius 2 is 2.35 bits per heavy atom. The topological polar surface area (TPSA) is 24.8 Å². The Morgan fingerprint density at radius 1 is 1.53 bits per heavy atom. The molecule has 0 aromatic rings. The quantitative estimate of drug-likeness (QED) is 0.772. The fraction of sp³-hybridized carbons (Fsp3) is 0.615. The van der Waals surface area contributed by atoms with Crippen LogP contribution in [0.5, 0.6) is 0 Å². The van der Waals surface area contributed by atoms with E-state index in [1.165, 1.54) is 10.8 Å². The molecule has 4 heteroatoms. The van der Waals surface area contributed by atoms with Gasteiger partial charge in [0.15, 0.2) is 0 Å². The Balaban J connectivity index is 1.96. The summed E-state index contributed by atoms with van der Waals surface area (Å²) in [4.78, 5) is 6.87. The van der Waals surface area contributed by atoms with Crippen LogP contribution in [0.3, 0.4) is 0 Å². The highest BCUT2D eigenvalue weighted by molar-refractivity contribution is 8.03. The molecule has 2 aliphatic heterocycles. The van der Waals surface area contributed by atoms with Crippen LogP contribution < -0.4 is 0 Å². The summed E-state index contributed by atoms with van der Waals surface area (Å²) in [6.07, 6.45) is 6.14. The number of ether oxygens (including phenoxy) is 1. The molecule has 0 aromatic carbocycles. The molecule has 0 amide bonds. The SMILES string of the molecule is CCN1CCS/C1=C/C=C/C1=NC(C)(C)CO1. The average molecular weight is 252 g/mol. The molecule has 0 bridgehead atoms. The number of hydrogen-bond donors (Lipinski definition) is 0. The summed E-state index contributed by atoms with van der Waals surface area (Å²) in [6.45, 7) is 9.27. The van der Waals surface area contributed by atoms with Gasteiger partial charge in [-0.15, -0.1) is 11.8 Å². The summed E-state index contributed by atoms with van der Waals surface area (Å²) in [5, 5.41) is 1.35. The van der Waals surface area contributed by atoms with E-state index in [0.29, 0.717) is 6.61 Å². The maximum atomic E-state index is 5.50. The first-order valence-corrected chi connectivity index (χ1v) is 7.08. The van der Waals surface area contributed by atoms with E-state index in [9.17, 15) is 0 Å². The van der Waals surface area contributed by atoms with Crippen LogP contribution >= 0.6 is 11.8 Å². The van der Waals surface area contributed by atoms with Crippen LogP contribution in [-0.2, 0) is 4.74 Å². The largest absolute Gasteiger partial charge is 0.475 e. The molecule has 0 aliphatic carbocycles. The number of rotatable bonds is 3. The Morgan fingerprint density at radius 3 is 3.00 bits per heavy atom. The van der Waals surface area contributed by atoms with Gasteiger partial charge in [-0.2, -0.15) is 0 Å². The fourth-order valence-corrected chi connectivity index (χ4v) is 2.94. The van der Waals surface area contributed by atoms with Gasteiger partial charge in [-0.1, -0.05) is 6.08 Å². The molecule has 0 unspecified atom stereocenters. The number of allylic oxidation sites excluding steroid dienone is 2. The van der Waals surface area contributed by atoms with Gasteiger partial charge in [-0.3, -0.25) is 0 Å². The van der Waals surface area contributed by atoms with Gasteiger partial charge in [-0.05, 0) is 32.9 Å². The van der Waals surface area contributed by atoms with Crippen LogP contribution in [0.25, 0.3) is 0 Å². The van der Waals surface area contributed by atoms with Crippen LogP contribution in [0, 0.1) is 0 Å². The third-order valence-corrected chi connectivity index (χ3v) is 3.85. The van der Waals surface area contributed by atoms with Gasteiger partial charge in [0.25, 0.3) is 0 Å². The molecule has 2 heterocycles. The van der Waals surface area contributed by atoms with E-state index in [-0.39, 0.29) is 5.54 Å². The van der Waals surface area contributed by atoms with E-state index in [1.54, 1.807) is 0 Å². The zero-order chi connectivity index (χ0) is 12.3. The van der Waals surface area contributed by atoms with Gasteiger partial charge < -0.3 is 9.64 Å². The maximum absolute atomic E-state index is 5.50. The first-order chi connectivity index (χ1) is 8.11. The van der Waals surface area contributed by atoms with Gasteiger partial charge in [0.05, 0.1) is 10.6 Å². The molecule has 3 nitrogen and oxygen atoms in total. The van der Waals surface area contributed by atoms with Crippen molar-refractivity contribution in [1.29, 1.82) is 0 Å². The fourth-order valence-electron chi connectivity index (χ4n) is 1.84. The Bertz CT molecular complexity index is 372. The van der Waals surface area contributed by atoms with Crippen LogP contribution in [-0.4, -0.2) is 41.8 Å². The lowest BCUT2D eigenvalue weighted by molar-refractivity contribution is 0.280. The van der Waals surface area contributed by atoms with Crippen molar-refractivity contribution in [2.45, 2.75) is 26.3 Å². The molecular formula is C13H20N2OS. The standard InChI is InChI=1S/C13H20N2OS/c1-4-15-8-9-17-12(15)7-5-6-11-14-13(2,3)10-16-11/h5-7H,4,8-10H2,1-3H3/b6-5+,12-7+. The Kier molecular flexibility index (Phi) is 3.82. The second kappa shape index (κ2) is 5.17. The smallest absolute Gasteiger partial charge is 0.209 e. The lowest BCUT2D eigenvalue weighted by Crippen LogP contribution is -2.17. The predicted octanol–water partition coefficient (Wildman–Crippen LogP) is 2.66. The number of nitrogens with zero attached hydrogens (tertiary/aromatic N) is 2. The second-order valence-corrected chi connectivity index (χ2v) is 5.96. The molecule has 17 heavy (non-hydrogen) atoms. The third kappa shape index (κ3) is 3.28. The van der Waals surface area contributed by atoms with Crippen molar-refractivity contribution in [3.05, 3.63) is 23.3 Å². The van der Waals surface area contributed by atoms with Crippen LogP contribution in [0.15, 0.2) is 28.2 Å². The van der Waals surface area contributed by atoms with Crippen molar-refractivity contribution in [3.63, 3.8) is 0 Å². The minimum Gasteiger partial charge on any atom is -0.475 e. The van der Waals surface area contributed by atoms with Gasteiger partial charge in [0.2, 0.25) is 5.90 Å². The highest BCUT2D eigenvalue weighted by atomic mass is 32.2. The second-order valence-electron chi connectivity index (χ2n) is 4.84. The summed E-state index contributed by atoms with van der Waals surface area (Å²) in [5.41, 5.74) is -0.0651. The van der Waals surface area contributed by atoms with E-state index in [0.717, 1.165) is 19.0 Å². The van der Waals surface area contributed by atoms with Crippen molar-refractivity contribution < 1.29 is 4.74 Å². The van der Waals surface area contributed by atoms with Crippen LogP contribution in [0.2, 0.25) is 0 Å². The lowest BCUT2D eigenvalue weighted by atomic mass is 10.1. The Labute approximate surface area is 108 Å². The van der Waals surface area contributed by atoms with Crippen LogP contribution in [0.4, 0.5) is 0 Å². The average Bonchev–Trinajstić information content (AvgIpc) is 2.85. The van der Waals surface area contributed by atoms with Gasteiger partial charge in [-0.25, -0.2) is 4.99 Å². The van der Waals surface area contributed by atoms with E-state index >= 15 is 0 Å². The van der Waals surface area contributed by atoms with Gasteiger partial charge in [0.1, 0.15) is 6.61 Å². The summed E-state index contributed by atoms with van der Waals surface area (Å²) in [7, 11) is 0. The van der Waals surface area contributed by atoms with Crippen molar-refractivity contribution in [3.8, 4) is 0 Å². The third-order valence-electron chi connectivity index (χ3n) is 2.77. The maximum Gasteiger partial charge on any atom is 0.209 e. The zero-order valence-electron chi connectivity index (χ0n) is 10.8. The zero-order valence-corrected chi connectivity index (χ0v) is 11.6. The van der Waals surface area contributed by atoms with Gasteiger partial charge >= 0.3 is 0 Å². The predicted molar refractivity (Wildman–Crippen MR) is 74.4 cm³/mol. The van der Waals surface area contributed by atoms with E-state index < -0.39 is 0 Å². The summed E-state index contributed by atoms with van der Waals surface area (Å²) >= 11 is 1.91. The minimum atomic E-state index is -0.0651. The minimum absolute atomic E-state index is 0.0651. The molecule has 0 radical (unpaired) electrons. The molecule has 1 fully saturated rings. The van der Waals surface area contributed by atoms with Gasteiger partial charge in [0, 0.05) is 18.8 Å². The molecule has 1 saturated heterocycles. The molecule has 0 aromatic heterocycles. The van der Waals surface area contributed by atoms with E-state index in [1.807, 2.05) is 23.9 Å². The number of thioether (sulfide) groups is 1. The first-order valence-electron chi connectivity index (χ1n) is 6.09. The van der Waals surface area contributed by atoms with Crippen molar-refractivity contribution >= 4 is 17.7 Å². The monoisotopic (exact) mass is 252 g/mol. The molecule has 0 N–H and O–H groups in total. The molecule has 0 atom stereocenters. The number of aliphatic imine (C=N–C) groups is 1. The lowest BCUT2D eigenvalue weighted by Gasteiger charge is -2.14. The Hall–Kier alpha value is -0.900. The van der Waals surface area contributed by atoms with E-state index in [4.69, 9.17) is 4.74 Å². The van der Waals surface area contributed by atoms with Crippen molar-refractivity contribution in [2.24, 2.45) is 4.99 Å². The van der Waals surface area contributed by atoms with Crippen molar-refractivity contribution in [2.75, 3.05) is 25.4 Å². The van der Waals surface area contributed by atoms with E-state index in [2.05, 4.69) is 36.7 Å². The molecule has 0 spiro atoms. The highest BCUT2D eigenvalue weighted by Crippen LogP contribution is 2.27. The molecular weight excluding hydrogens is 232 g/mol.